The molecular formula is C20H26N2O5S. The third-order valence-electron chi connectivity index (χ3n) is 5.27. The molecule has 3 rings (SSSR count). The second-order valence-electron chi connectivity index (χ2n) is 7.95. The minimum absolute atomic E-state index is 0.0615. The largest absolute Gasteiger partial charge is 0.480 e. The molecule has 2 fully saturated rings. The van der Waals surface area contributed by atoms with E-state index in [-0.39, 0.29) is 24.1 Å². The van der Waals surface area contributed by atoms with Gasteiger partial charge in [0.25, 0.3) is 5.91 Å². The van der Waals surface area contributed by atoms with Gasteiger partial charge < -0.3 is 20.4 Å². The number of carbonyl (C=O) groups excluding carboxylic acids is 2. The molecule has 28 heavy (non-hydrogen) atoms. The minimum Gasteiger partial charge on any atom is -0.480 e. The van der Waals surface area contributed by atoms with Crippen molar-refractivity contribution in [2.75, 3.05) is 5.88 Å². The Kier molecular flexibility index (Phi) is 6.00. The van der Waals surface area contributed by atoms with E-state index in [1.807, 2.05) is 30.3 Å². The van der Waals surface area contributed by atoms with Gasteiger partial charge >= 0.3 is 5.97 Å². The highest BCUT2D eigenvalue weighted by molar-refractivity contribution is 8.00. The fourth-order valence-corrected chi connectivity index (χ4v) is 4.62. The van der Waals surface area contributed by atoms with Crippen LogP contribution in [0.25, 0.3) is 0 Å². The summed E-state index contributed by atoms with van der Waals surface area (Å²) >= 11 is 1.36. The van der Waals surface area contributed by atoms with Gasteiger partial charge in [0.15, 0.2) is 6.10 Å². The zero-order valence-corrected chi connectivity index (χ0v) is 16.8. The molecule has 1 saturated carbocycles. The topological polar surface area (TPSA) is 107 Å². The molecular weight excluding hydrogens is 380 g/mol. The van der Waals surface area contributed by atoms with Crippen LogP contribution < -0.4 is 5.32 Å². The Hall–Kier alpha value is -2.06. The first-order valence-corrected chi connectivity index (χ1v) is 10.4. The van der Waals surface area contributed by atoms with E-state index in [1.165, 1.54) is 16.7 Å². The first-order chi connectivity index (χ1) is 13.2. The van der Waals surface area contributed by atoms with E-state index >= 15 is 0 Å². The number of thioether (sulfide) groups is 1. The lowest BCUT2D eigenvalue weighted by Gasteiger charge is -2.31. The highest BCUT2D eigenvalue weighted by Crippen LogP contribution is 2.39. The van der Waals surface area contributed by atoms with Gasteiger partial charge in [-0.2, -0.15) is 0 Å². The monoisotopic (exact) mass is 406 g/mol. The second kappa shape index (κ2) is 8.13. The number of amides is 2. The fraction of sp³-hybridized carbons (Fsp3) is 0.550. The highest BCUT2D eigenvalue weighted by atomic mass is 32.2. The molecule has 2 amide bonds. The normalized spacial score (nSPS) is 23.1. The van der Waals surface area contributed by atoms with Gasteiger partial charge in [0.1, 0.15) is 6.04 Å². The molecule has 1 aliphatic carbocycles. The van der Waals surface area contributed by atoms with Crippen LogP contribution in [0.1, 0.15) is 32.3 Å². The Morgan fingerprint density at radius 3 is 2.46 bits per heavy atom. The number of hydrogen-bond acceptors (Lipinski definition) is 5. The van der Waals surface area contributed by atoms with Crippen molar-refractivity contribution in [3.63, 3.8) is 0 Å². The van der Waals surface area contributed by atoms with Crippen LogP contribution in [0.2, 0.25) is 0 Å². The van der Waals surface area contributed by atoms with Gasteiger partial charge in [-0.3, -0.25) is 9.59 Å². The molecule has 1 aliphatic heterocycles. The second-order valence-corrected chi connectivity index (χ2v) is 9.55. The molecule has 1 saturated heterocycles. The number of hydrogen-bond donors (Lipinski definition) is 3. The van der Waals surface area contributed by atoms with Crippen molar-refractivity contribution < 1.29 is 24.6 Å². The lowest BCUT2D eigenvalue weighted by molar-refractivity contribution is -0.154. The van der Waals surface area contributed by atoms with Crippen LogP contribution >= 0.6 is 11.8 Å². The van der Waals surface area contributed by atoms with Crippen LogP contribution in [0, 0.1) is 5.92 Å². The lowest BCUT2D eigenvalue weighted by Crippen LogP contribution is -2.57. The molecule has 3 atom stereocenters. The number of carboxylic acid groups (broad SMARTS) is 1. The third kappa shape index (κ3) is 4.50. The van der Waals surface area contributed by atoms with E-state index < -0.39 is 34.8 Å². The standard InChI is InChI=1S/C20H26N2O5S/c1-20(2)16(19(26)27)22(11-28-20)18(25)15(23)14(21-17(24)13-8-9-13)10-12-6-4-3-5-7-12/h3-7,13-16,23H,8-11H2,1-2H3,(H,21,24)(H,26,27). The van der Waals surface area contributed by atoms with Crippen LogP contribution in [-0.4, -0.2) is 61.7 Å². The Labute approximate surface area is 168 Å². The number of nitrogens with zero attached hydrogens (tertiary/aromatic N) is 1. The number of benzene rings is 1. The van der Waals surface area contributed by atoms with Gasteiger partial charge in [-0.1, -0.05) is 30.3 Å². The predicted molar refractivity (Wildman–Crippen MR) is 106 cm³/mol. The van der Waals surface area contributed by atoms with Crippen LogP contribution in [-0.2, 0) is 20.8 Å². The maximum absolute atomic E-state index is 13.0. The molecule has 3 N–H and O–H groups in total. The van der Waals surface area contributed by atoms with Crippen LogP contribution in [0.4, 0.5) is 0 Å². The van der Waals surface area contributed by atoms with Crippen LogP contribution in [0.15, 0.2) is 30.3 Å². The van der Waals surface area contributed by atoms with Crippen molar-refractivity contribution >= 4 is 29.5 Å². The van der Waals surface area contributed by atoms with E-state index in [0.717, 1.165) is 18.4 Å². The summed E-state index contributed by atoms with van der Waals surface area (Å²) < 4.78 is -0.659. The number of aliphatic carboxylic acids is 1. The number of aliphatic hydroxyl groups excluding tert-OH is 1. The van der Waals surface area contributed by atoms with Gasteiger partial charge in [-0.15, -0.1) is 11.8 Å². The van der Waals surface area contributed by atoms with Gasteiger partial charge in [0.05, 0.1) is 11.9 Å². The summed E-state index contributed by atoms with van der Waals surface area (Å²) in [5.41, 5.74) is 0.876. The number of nitrogens with one attached hydrogen (secondary N) is 1. The molecule has 8 heteroatoms. The number of rotatable bonds is 7. The Balaban J connectivity index is 1.78. The van der Waals surface area contributed by atoms with E-state index in [4.69, 9.17) is 0 Å². The number of carboxylic acids is 1. The van der Waals surface area contributed by atoms with Gasteiger partial charge in [0.2, 0.25) is 5.91 Å². The Morgan fingerprint density at radius 2 is 1.89 bits per heavy atom. The predicted octanol–water partition coefficient (Wildman–Crippen LogP) is 1.25. The number of aliphatic hydroxyl groups is 1. The molecule has 7 nitrogen and oxygen atoms in total. The van der Waals surface area contributed by atoms with Crippen molar-refractivity contribution in [3.8, 4) is 0 Å². The summed E-state index contributed by atoms with van der Waals surface area (Å²) in [6.45, 7) is 3.54. The van der Waals surface area contributed by atoms with E-state index in [1.54, 1.807) is 13.8 Å². The van der Waals surface area contributed by atoms with E-state index in [2.05, 4.69) is 5.32 Å². The maximum atomic E-state index is 13.0. The average molecular weight is 407 g/mol. The SMILES string of the molecule is CC1(C)SCN(C(=O)C(O)C(Cc2ccccc2)NC(=O)C2CC2)C1C(=O)O. The summed E-state index contributed by atoms with van der Waals surface area (Å²) in [6.07, 6.45) is 0.394. The maximum Gasteiger partial charge on any atom is 0.327 e. The van der Waals surface area contributed by atoms with Crippen LogP contribution in [0.5, 0.6) is 0 Å². The van der Waals surface area contributed by atoms with Crippen molar-refractivity contribution in [2.24, 2.45) is 5.92 Å². The fourth-order valence-electron chi connectivity index (χ4n) is 3.48. The summed E-state index contributed by atoms with van der Waals surface area (Å²) in [5.74, 6) is -1.80. The zero-order valence-electron chi connectivity index (χ0n) is 16.0. The molecule has 0 bridgehead atoms. The van der Waals surface area contributed by atoms with E-state index in [9.17, 15) is 24.6 Å². The Morgan fingerprint density at radius 1 is 1.25 bits per heavy atom. The first-order valence-electron chi connectivity index (χ1n) is 9.40. The van der Waals surface area contributed by atoms with Crippen molar-refractivity contribution in [1.29, 1.82) is 0 Å². The quantitative estimate of drug-likeness (QED) is 0.629. The molecule has 1 aromatic carbocycles. The smallest absolute Gasteiger partial charge is 0.327 e. The molecule has 2 aliphatic rings. The molecule has 0 spiro atoms. The zero-order chi connectivity index (χ0) is 20.5. The summed E-state index contributed by atoms with van der Waals surface area (Å²) in [5, 5.41) is 23.2. The summed E-state index contributed by atoms with van der Waals surface area (Å²) in [6, 6.07) is 7.45. The molecule has 3 unspecified atom stereocenters. The van der Waals surface area contributed by atoms with Gasteiger partial charge in [0, 0.05) is 10.7 Å². The molecule has 0 radical (unpaired) electrons. The van der Waals surface area contributed by atoms with Crippen molar-refractivity contribution in [2.45, 2.75) is 56.0 Å². The third-order valence-corrected chi connectivity index (χ3v) is 6.65. The van der Waals surface area contributed by atoms with E-state index in [0.29, 0.717) is 0 Å². The van der Waals surface area contributed by atoms with Gasteiger partial charge in [-0.25, -0.2) is 4.79 Å². The molecule has 0 aromatic heterocycles. The minimum atomic E-state index is -1.51. The van der Waals surface area contributed by atoms with Crippen LogP contribution in [0.3, 0.4) is 0 Å². The van der Waals surface area contributed by atoms with Crippen molar-refractivity contribution in [3.05, 3.63) is 35.9 Å². The molecule has 152 valence electrons. The lowest BCUT2D eigenvalue weighted by atomic mass is 9.97. The van der Waals surface area contributed by atoms with Crippen molar-refractivity contribution in [1.82, 2.24) is 10.2 Å². The number of carbonyl (C=O) groups is 3. The van der Waals surface area contributed by atoms with Gasteiger partial charge in [-0.05, 0) is 38.7 Å². The Bertz CT molecular complexity index is 750. The average Bonchev–Trinajstić information content (AvgIpc) is 3.44. The highest BCUT2D eigenvalue weighted by Gasteiger charge is 2.50. The molecule has 1 aromatic rings. The molecule has 1 heterocycles. The first kappa shape index (κ1) is 20.7. The summed E-state index contributed by atoms with van der Waals surface area (Å²) in [7, 11) is 0. The summed E-state index contributed by atoms with van der Waals surface area (Å²) in [4.78, 5) is 38.2.